The molecule has 0 aliphatic carbocycles. The molecule has 188 valence electrons. The highest BCUT2D eigenvalue weighted by atomic mass is 16.5. The Morgan fingerprint density at radius 1 is 1.05 bits per heavy atom. The van der Waals surface area contributed by atoms with E-state index >= 15 is 0 Å². The number of H-pyrrole nitrogens is 1. The number of ketones is 1. The predicted molar refractivity (Wildman–Crippen MR) is 143 cm³/mol. The molecule has 0 fully saturated rings. The van der Waals surface area contributed by atoms with Gasteiger partial charge in [0.1, 0.15) is 5.82 Å². The molecule has 10 heteroatoms. The number of nitrogens with one attached hydrogen (secondary N) is 2. The Morgan fingerprint density at radius 2 is 1.97 bits per heavy atom. The smallest absolute Gasteiger partial charge is 0.258 e. The number of imidazole rings is 1. The maximum atomic E-state index is 13.2. The fourth-order valence-corrected chi connectivity index (χ4v) is 4.33. The second-order valence-electron chi connectivity index (χ2n) is 8.64. The number of pyridine rings is 1. The predicted octanol–water partition coefficient (Wildman–Crippen LogP) is 4.85. The van der Waals surface area contributed by atoms with Crippen molar-refractivity contribution in [1.82, 2.24) is 29.8 Å². The van der Waals surface area contributed by atoms with Crippen LogP contribution in [0.25, 0.3) is 27.8 Å². The molecule has 4 heterocycles. The fourth-order valence-electron chi connectivity index (χ4n) is 4.33. The minimum Gasteiger partial charge on any atom is -0.491 e. The maximum absolute atomic E-state index is 13.2. The quantitative estimate of drug-likeness (QED) is 0.282. The topological polar surface area (TPSA) is 119 Å². The van der Waals surface area contributed by atoms with Crippen LogP contribution in [0.3, 0.4) is 0 Å². The third kappa shape index (κ3) is 4.39. The van der Waals surface area contributed by atoms with E-state index in [1.54, 1.807) is 42.3 Å². The van der Waals surface area contributed by atoms with Crippen molar-refractivity contribution in [3.8, 4) is 22.9 Å². The first kappa shape index (κ1) is 23.2. The van der Waals surface area contributed by atoms with Gasteiger partial charge in [0.25, 0.3) is 5.88 Å². The maximum Gasteiger partial charge on any atom is 0.258 e. The number of hydrogen-bond acceptors (Lipinski definition) is 8. The lowest BCUT2D eigenvalue weighted by atomic mass is 9.99. The summed E-state index contributed by atoms with van der Waals surface area (Å²) in [5, 5.41) is 16.0. The number of nitrogens with zero attached hydrogens (tertiary/aromatic N) is 5. The number of carbonyl (C=O) groups excluding carboxylic acids is 1. The second-order valence-corrected chi connectivity index (χ2v) is 8.64. The van der Waals surface area contributed by atoms with Crippen LogP contribution in [0.4, 0.5) is 11.5 Å². The molecule has 0 aliphatic heterocycles. The van der Waals surface area contributed by atoms with E-state index in [4.69, 9.17) is 14.6 Å². The van der Waals surface area contributed by atoms with E-state index in [9.17, 15) is 4.79 Å². The molecule has 0 bridgehead atoms. The van der Waals surface area contributed by atoms with E-state index in [1.165, 1.54) is 7.11 Å². The highest BCUT2D eigenvalue weighted by molar-refractivity contribution is 5.99. The first-order valence-electron chi connectivity index (χ1n) is 11.9. The number of aromatic nitrogens is 6. The van der Waals surface area contributed by atoms with Gasteiger partial charge in [0.05, 0.1) is 37.3 Å². The molecular formula is C28H23N7O3. The van der Waals surface area contributed by atoms with E-state index in [2.05, 4.69) is 25.5 Å². The number of hydrogen-bond donors (Lipinski definition) is 2. The van der Waals surface area contributed by atoms with Gasteiger partial charge in [-0.1, -0.05) is 24.3 Å². The molecule has 0 spiro atoms. The molecule has 10 nitrogen and oxygen atoms in total. The van der Waals surface area contributed by atoms with Crippen LogP contribution in [0.1, 0.15) is 15.9 Å². The molecule has 38 heavy (non-hydrogen) atoms. The number of carbonyl (C=O) groups is 1. The number of methoxy groups -OCH3 is 2. The van der Waals surface area contributed by atoms with Crippen molar-refractivity contribution in [1.29, 1.82) is 0 Å². The zero-order valence-electron chi connectivity index (χ0n) is 20.7. The molecular weight excluding hydrogens is 482 g/mol. The average molecular weight is 506 g/mol. The number of anilines is 2. The molecule has 0 radical (unpaired) electrons. The van der Waals surface area contributed by atoms with Crippen LogP contribution in [0.5, 0.6) is 11.6 Å². The number of Topliss-reactive ketones (excluding diaryl/α,β-unsaturated/α-hetero) is 1. The van der Waals surface area contributed by atoms with Crippen LogP contribution in [-0.2, 0) is 6.42 Å². The summed E-state index contributed by atoms with van der Waals surface area (Å²) < 4.78 is 12.3. The number of aromatic amines is 1. The van der Waals surface area contributed by atoms with Crippen LogP contribution in [-0.4, -0.2) is 49.8 Å². The van der Waals surface area contributed by atoms with Crippen molar-refractivity contribution in [3.63, 3.8) is 0 Å². The standard InChI is InChI=1S/C28H23N7O3/c1-37-25-8-9-26(32-28(25)38-2)31-23-15-22(34-35-11-10-29-27(23)35)18-4-3-5-19(14-18)24(36)13-17-6-7-21-20(12-17)16-30-33-21/h3-12,14-16H,13H2,1-2H3,(H,30,33)(H,31,32). The van der Waals surface area contributed by atoms with Gasteiger partial charge >= 0.3 is 0 Å². The Morgan fingerprint density at radius 3 is 2.84 bits per heavy atom. The molecule has 0 aliphatic rings. The molecule has 2 aromatic carbocycles. The summed E-state index contributed by atoms with van der Waals surface area (Å²) in [5.41, 5.74) is 5.29. The van der Waals surface area contributed by atoms with Crippen LogP contribution in [0.15, 0.2) is 79.3 Å². The van der Waals surface area contributed by atoms with Crippen molar-refractivity contribution in [2.24, 2.45) is 0 Å². The van der Waals surface area contributed by atoms with Gasteiger partial charge in [-0.05, 0) is 42.0 Å². The summed E-state index contributed by atoms with van der Waals surface area (Å²) in [7, 11) is 3.10. The summed E-state index contributed by atoms with van der Waals surface area (Å²) in [6, 6.07) is 18.8. The van der Waals surface area contributed by atoms with E-state index in [1.807, 2.05) is 48.5 Å². The summed E-state index contributed by atoms with van der Waals surface area (Å²) >= 11 is 0. The fraction of sp³-hybridized carbons (Fsp3) is 0.107. The highest BCUT2D eigenvalue weighted by Gasteiger charge is 2.14. The van der Waals surface area contributed by atoms with Crippen molar-refractivity contribution in [2.45, 2.75) is 6.42 Å². The van der Waals surface area contributed by atoms with Gasteiger partial charge in [-0.25, -0.2) is 9.50 Å². The van der Waals surface area contributed by atoms with Gasteiger partial charge < -0.3 is 14.8 Å². The molecule has 0 saturated heterocycles. The SMILES string of the molecule is COc1ccc(Nc2cc(-c3cccc(C(=O)Cc4ccc5[nH]ncc5c4)c3)nn3ccnc23)nc1OC. The number of fused-ring (bicyclic) bond motifs is 2. The van der Waals surface area contributed by atoms with Gasteiger partial charge in [0, 0.05) is 35.3 Å². The highest BCUT2D eigenvalue weighted by Crippen LogP contribution is 2.30. The van der Waals surface area contributed by atoms with Crippen LogP contribution in [0.2, 0.25) is 0 Å². The first-order chi connectivity index (χ1) is 18.6. The van der Waals surface area contributed by atoms with Crippen molar-refractivity contribution in [3.05, 3.63) is 90.4 Å². The number of ether oxygens (including phenoxy) is 2. The van der Waals surface area contributed by atoms with Crippen LogP contribution in [0, 0.1) is 0 Å². The minimum absolute atomic E-state index is 0.0197. The molecule has 2 N–H and O–H groups in total. The lowest BCUT2D eigenvalue weighted by Crippen LogP contribution is -2.05. The monoisotopic (exact) mass is 505 g/mol. The number of benzene rings is 2. The van der Waals surface area contributed by atoms with Crippen molar-refractivity contribution < 1.29 is 14.3 Å². The van der Waals surface area contributed by atoms with Gasteiger partial charge in [0.2, 0.25) is 0 Å². The average Bonchev–Trinajstić information content (AvgIpc) is 3.62. The third-order valence-corrected chi connectivity index (χ3v) is 6.21. The normalized spacial score (nSPS) is 11.1. The Kier molecular flexibility index (Phi) is 5.89. The van der Waals surface area contributed by atoms with E-state index < -0.39 is 0 Å². The van der Waals surface area contributed by atoms with Crippen molar-refractivity contribution >= 4 is 33.8 Å². The number of rotatable bonds is 8. The largest absolute Gasteiger partial charge is 0.491 e. The minimum atomic E-state index is 0.0197. The lowest BCUT2D eigenvalue weighted by molar-refractivity contribution is 0.0993. The summed E-state index contributed by atoms with van der Waals surface area (Å²) in [6.45, 7) is 0. The third-order valence-electron chi connectivity index (χ3n) is 6.21. The molecule has 4 aromatic heterocycles. The van der Waals surface area contributed by atoms with Crippen LogP contribution >= 0.6 is 0 Å². The Bertz CT molecular complexity index is 1790. The van der Waals surface area contributed by atoms with Gasteiger partial charge in [-0.3, -0.25) is 9.89 Å². The van der Waals surface area contributed by atoms with Crippen molar-refractivity contribution in [2.75, 3.05) is 19.5 Å². The summed E-state index contributed by atoms with van der Waals surface area (Å²) in [5.74, 6) is 1.48. The van der Waals surface area contributed by atoms with E-state index in [0.717, 1.165) is 22.0 Å². The Hall–Kier alpha value is -5.25. The summed E-state index contributed by atoms with van der Waals surface area (Å²) in [4.78, 5) is 22.1. The van der Waals surface area contributed by atoms with Crippen LogP contribution < -0.4 is 14.8 Å². The van der Waals surface area contributed by atoms with Gasteiger partial charge in [-0.15, -0.1) is 0 Å². The molecule has 0 unspecified atom stereocenters. The van der Waals surface area contributed by atoms with Gasteiger partial charge in [0.15, 0.2) is 17.2 Å². The molecule has 0 atom stereocenters. The zero-order valence-corrected chi connectivity index (χ0v) is 20.7. The Balaban J connectivity index is 1.31. The molecule has 0 saturated carbocycles. The van der Waals surface area contributed by atoms with E-state index in [0.29, 0.717) is 40.0 Å². The molecule has 6 aromatic rings. The second kappa shape index (κ2) is 9.66. The van der Waals surface area contributed by atoms with E-state index in [-0.39, 0.29) is 12.2 Å². The zero-order chi connectivity index (χ0) is 26.1. The molecule has 0 amide bonds. The lowest BCUT2D eigenvalue weighted by Gasteiger charge is -2.12. The molecule has 6 rings (SSSR count). The summed E-state index contributed by atoms with van der Waals surface area (Å²) in [6.07, 6.45) is 5.49. The first-order valence-corrected chi connectivity index (χ1v) is 11.9. The van der Waals surface area contributed by atoms with Gasteiger partial charge in [-0.2, -0.15) is 15.2 Å². The Labute approximate surface area is 217 Å².